The smallest absolute Gasteiger partial charge is 0.261 e. The second-order valence-corrected chi connectivity index (χ2v) is 7.91. The highest BCUT2D eigenvalue weighted by Crippen LogP contribution is 2.19. The second-order valence-electron chi connectivity index (χ2n) is 6.23. The quantitative estimate of drug-likeness (QED) is 0.552. The molecule has 0 aliphatic rings. The summed E-state index contributed by atoms with van der Waals surface area (Å²) in [6.45, 7) is 0. The summed E-state index contributed by atoms with van der Waals surface area (Å²) in [6.07, 6.45) is 3.06. The molecule has 0 atom stereocenters. The number of sulfonamides is 1. The molecule has 0 aliphatic carbocycles. The van der Waals surface area contributed by atoms with Gasteiger partial charge in [0.1, 0.15) is 11.6 Å². The summed E-state index contributed by atoms with van der Waals surface area (Å²) in [4.78, 5) is 12.0. The Morgan fingerprint density at radius 2 is 1.50 bits per heavy atom. The molecule has 0 unspecified atom stereocenters. The summed E-state index contributed by atoms with van der Waals surface area (Å²) in [6, 6.07) is 17.9. The van der Waals surface area contributed by atoms with Crippen LogP contribution in [0.3, 0.4) is 0 Å². The molecule has 3 aromatic rings. The molecule has 0 saturated heterocycles. The number of amides is 1. The zero-order valence-electron chi connectivity index (χ0n) is 16.0. The summed E-state index contributed by atoms with van der Waals surface area (Å²) >= 11 is 0. The molecule has 0 aliphatic heterocycles. The molecule has 154 valence electrons. The van der Waals surface area contributed by atoms with E-state index in [1.165, 1.54) is 30.3 Å². The monoisotopic (exact) mass is 426 g/mol. The van der Waals surface area contributed by atoms with Crippen molar-refractivity contribution in [1.29, 1.82) is 0 Å². The molecule has 3 rings (SSSR count). The molecule has 3 aromatic carbocycles. The van der Waals surface area contributed by atoms with Gasteiger partial charge < -0.3 is 10.1 Å². The molecule has 2 N–H and O–H groups in total. The van der Waals surface area contributed by atoms with Crippen LogP contribution in [0.25, 0.3) is 6.08 Å². The van der Waals surface area contributed by atoms with E-state index in [9.17, 15) is 17.6 Å². The number of hydrogen-bond donors (Lipinski definition) is 2. The third-order valence-corrected chi connectivity index (χ3v) is 5.47. The Kier molecular flexibility index (Phi) is 6.48. The number of carbonyl (C=O) groups excluding carboxylic acids is 1. The lowest BCUT2D eigenvalue weighted by atomic mass is 10.2. The van der Waals surface area contributed by atoms with E-state index >= 15 is 0 Å². The predicted molar refractivity (Wildman–Crippen MR) is 114 cm³/mol. The van der Waals surface area contributed by atoms with Gasteiger partial charge in [-0.3, -0.25) is 9.52 Å². The van der Waals surface area contributed by atoms with Crippen molar-refractivity contribution in [3.63, 3.8) is 0 Å². The SMILES string of the molecule is COc1ccc(/C=C/C(=O)Nc2ccc(NS(=O)(=O)c3ccc(F)cc3)cc2)cc1. The number of hydrogen-bond acceptors (Lipinski definition) is 4. The van der Waals surface area contributed by atoms with Gasteiger partial charge >= 0.3 is 0 Å². The molecule has 0 heterocycles. The lowest BCUT2D eigenvalue weighted by molar-refractivity contribution is -0.111. The van der Waals surface area contributed by atoms with Crippen LogP contribution in [-0.4, -0.2) is 21.4 Å². The van der Waals surface area contributed by atoms with Crippen molar-refractivity contribution >= 4 is 33.4 Å². The molecule has 6 nitrogen and oxygen atoms in total. The van der Waals surface area contributed by atoms with Gasteiger partial charge in [0, 0.05) is 17.5 Å². The highest BCUT2D eigenvalue weighted by atomic mass is 32.2. The Morgan fingerprint density at radius 3 is 2.10 bits per heavy atom. The van der Waals surface area contributed by atoms with Crippen LogP contribution < -0.4 is 14.8 Å². The minimum atomic E-state index is -3.83. The fourth-order valence-corrected chi connectivity index (χ4v) is 3.58. The molecule has 1 amide bonds. The van der Waals surface area contributed by atoms with Crippen molar-refractivity contribution in [2.45, 2.75) is 4.90 Å². The van der Waals surface area contributed by atoms with Crippen LogP contribution in [0.2, 0.25) is 0 Å². The Balaban J connectivity index is 1.60. The topological polar surface area (TPSA) is 84.5 Å². The van der Waals surface area contributed by atoms with Gasteiger partial charge in [-0.05, 0) is 72.3 Å². The standard InChI is InChI=1S/C22H19FN2O4S/c1-29-20-11-2-16(3-12-20)4-15-22(26)24-18-7-9-19(10-8-18)25-30(27,28)21-13-5-17(23)6-14-21/h2-15,25H,1H3,(H,24,26)/b15-4+. The summed E-state index contributed by atoms with van der Waals surface area (Å²) in [5.41, 5.74) is 1.66. The molecule has 0 saturated carbocycles. The number of benzene rings is 3. The van der Waals surface area contributed by atoms with Crippen molar-refractivity contribution in [2.75, 3.05) is 17.1 Å². The highest BCUT2D eigenvalue weighted by Gasteiger charge is 2.14. The van der Waals surface area contributed by atoms with E-state index in [-0.39, 0.29) is 10.8 Å². The Bertz CT molecular complexity index is 1140. The van der Waals surface area contributed by atoms with Crippen LogP contribution in [0.4, 0.5) is 15.8 Å². The maximum Gasteiger partial charge on any atom is 0.261 e. The van der Waals surface area contributed by atoms with Crippen molar-refractivity contribution in [3.05, 3.63) is 90.3 Å². The van der Waals surface area contributed by atoms with Crippen LogP contribution >= 0.6 is 0 Å². The van der Waals surface area contributed by atoms with Crippen LogP contribution in [0.15, 0.2) is 83.8 Å². The number of carbonyl (C=O) groups is 1. The van der Waals surface area contributed by atoms with E-state index < -0.39 is 15.8 Å². The fraction of sp³-hybridized carbons (Fsp3) is 0.0455. The van der Waals surface area contributed by atoms with Crippen LogP contribution in [-0.2, 0) is 14.8 Å². The van der Waals surface area contributed by atoms with Crippen molar-refractivity contribution in [3.8, 4) is 5.75 Å². The minimum absolute atomic E-state index is 0.0510. The van der Waals surface area contributed by atoms with E-state index in [1.807, 2.05) is 12.1 Å². The van der Waals surface area contributed by atoms with Crippen molar-refractivity contribution in [1.82, 2.24) is 0 Å². The number of ether oxygens (including phenoxy) is 1. The molecule has 0 radical (unpaired) electrons. The van der Waals surface area contributed by atoms with Gasteiger partial charge in [-0.15, -0.1) is 0 Å². The van der Waals surface area contributed by atoms with Crippen LogP contribution in [0.1, 0.15) is 5.56 Å². The van der Waals surface area contributed by atoms with Gasteiger partial charge in [0.15, 0.2) is 0 Å². The zero-order chi connectivity index (χ0) is 21.6. The number of rotatable bonds is 7. The molecule has 0 aromatic heterocycles. The van der Waals surface area contributed by atoms with Gasteiger partial charge in [0.25, 0.3) is 10.0 Å². The molecule has 0 bridgehead atoms. The largest absolute Gasteiger partial charge is 0.497 e. The summed E-state index contributed by atoms with van der Waals surface area (Å²) < 4.78 is 45.1. The average molecular weight is 426 g/mol. The van der Waals surface area contributed by atoms with Crippen LogP contribution in [0, 0.1) is 5.82 Å². The van der Waals surface area contributed by atoms with E-state index in [0.29, 0.717) is 11.4 Å². The second kappa shape index (κ2) is 9.23. The maximum atomic E-state index is 13.0. The molecule has 0 spiro atoms. The maximum absolute atomic E-state index is 13.0. The van der Waals surface area contributed by atoms with Gasteiger partial charge in [-0.25, -0.2) is 12.8 Å². The number of anilines is 2. The fourth-order valence-electron chi connectivity index (χ4n) is 2.52. The van der Waals surface area contributed by atoms with Crippen molar-refractivity contribution in [2.24, 2.45) is 0 Å². The summed E-state index contributed by atoms with van der Waals surface area (Å²) in [5, 5.41) is 2.69. The molecule has 0 fully saturated rings. The van der Waals surface area contributed by atoms with E-state index in [0.717, 1.165) is 23.4 Å². The third kappa shape index (κ3) is 5.68. The molecular formula is C22H19FN2O4S. The highest BCUT2D eigenvalue weighted by molar-refractivity contribution is 7.92. The minimum Gasteiger partial charge on any atom is -0.497 e. The van der Waals surface area contributed by atoms with E-state index in [2.05, 4.69) is 10.0 Å². The lowest BCUT2D eigenvalue weighted by Crippen LogP contribution is -2.13. The third-order valence-electron chi connectivity index (χ3n) is 4.07. The first-order valence-corrected chi connectivity index (χ1v) is 10.4. The van der Waals surface area contributed by atoms with Gasteiger partial charge in [0.2, 0.25) is 5.91 Å². The van der Waals surface area contributed by atoms with Crippen molar-refractivity contribution < 1.29 is 22.3 Å². The zero-order valence-corrected chi connectivity index (χ0v) is 16.8. The van der Waals surface area contributed by atoms with E-state index in [4.69, 9.17) is 4.74 Å². The predicted octanol–water partition coefficient (Wildman–Crippen LogP) is 4.29. The molecule has 30 heavy (non-hydrogen) atoms. The summed E-state index contributed by atoms with van der Waals surface area (Å²) in [7, 11) is -2.25. The first kappa shape index (κ1) is 21.1. The average Bonchev–Trinajstić information content (AvgIpc) is 2.74. The van der Waals surface area contributed by atoms with Gasteiger partial charge in [-0.2, -0.15) is 0 Å². The van der Waals surface area contributed by atoms with Crippen LogP contribution in [0.5, 0.6) is 5.75 Å². The number of halogens is 1. The summed E-state index contributed by atoms with van der Waals surface area (Å²) in [5.74, 6) is -0.118. The van der Waals surface area contributed by atoms with Gasteiger partial charge in [-0.1, -0.05) is 12.1 Å². The van der Waals surface area contributed by atoms with Gasteiger partial charge in [0.05, 0.1) is 12.0 Å². The number of methoxy groups -OCH3 is 1. The Morgan fingerprint density at radius 1 is 0.900 bits per heavy atom. The molecule has 8 heteroatoms. The number of nitrogens with one attached hydrogen (secondary N) is 2. The first-order chi connectivity index (χ1) is 14.4. The Labute approximate surface area is 174 Å². The lowest BCUT2D eigenvalue weighted by Gasteiger charge is -2.09. The molecular weight excluding hydrogens is 407 g/mol. The first-order valence-electron chi connectivity index (χ1n) is 8.87. The van der Waals surface area contributed by atoms with E-state index in [1.54, 1.807) is 37.5 Å². The Hall–Kier alpha value is -3.65. The normalized spacial score (nSPS) is 11.3.